The Morgan fingerprint density at radius 3 is 2.55 bits per heavy atom. The highest BCUT2D eigenvalue weighted by molar-refractivity contribution is 5.81. The molecule has 1 rings (SSSR count). The topological polar surface area (TPSA) is 105 Å². The maximum Gasteiger partial charge on any atom is 0.408 e. The number of hydrogen-bond acceptors (Lipinski definition) is 6. The molecule has 0 aliphatic rings. The van der Waals surface area contributed by atoms with Crippen molar-refractivity contribution in [3.8, 4) is 0 Å². The molecular weight excluding hydrogens is 290 g/mol. The average Bonchev–Trinajstić information content (AvgIpc) is 2.55. The Kier molecular flexibility index (Phi) is 7.95. The number of nitrogens with one attached hydrogen (secondary N) is 1. The second-order valence-electron chi connectivity index (χ2n) is 4.64. The van der Waals surface area contributed by atoms with Gasteiger partial charge in [0.15, 0.2) is 6.04 Å². The van der Waals surface area contributed by atoms with Gasteiger partial charge in [0, 0.05) is 6.61 Å². The molecular formula is C15H21NO6. The van der Waals surface area contributed by atoms with Crippen molar-refractivity contribution in [3.05, 3.63) is 35.9 Å². The third kappa shape index (κ3) is 6.11. The molecule has 7 heteroatoms. The lowest BCUT2D eigenvalue weighted by Crippen LogP contribution is -2.49. The molecule has 3 N–H and O–H groups in total. The van der Waals surface area contributed by atoms with Gasteiger partial charge in [0.05, 0.1) is 13.2 Å². The Morgan fingerprint density at radius 2 is 1.95 bits per heavy atom. The second-order valence-corrected chi connectivity index (χ2v) is 4.64. The Bertz CT molecular complexity index is 464. The van der Waals surface area contributed by atoms with Crippen LogP contribution < -0.4 is 5.32 Å². The predicted octanol–water partition coefficient (Wildman–Crippen LogP) is 0.588. The van der Waals surface area contributed by atoms with E-state index in [0.29, 0.717) is 6.42 Å². The van der Waals surface area contributed by atoms with Crippen LogP contribution in [0.15, 0.2) is 30.3 Å². The van der Waals surface area contributed by atoms with Gasteiger partial charge in [-0.05, 0) is 18.4 Å². The SMILES string of the molecule is COC(=O)[C@H](NC(=O)OCc1ccccc1)[C@@H](O)CCCO. The van der Waals surface area contributed by atoms with Crippen molar-refractivity contribution in [1.82, 2.24) is 5.32 Å². The normalized spacial score (nSPS) is 13.0. The van der Waals surface area contributed by atoms with Gasteiger partial charge < -0.3 is 25.0 Å². The molecule has 0 spiro atoms. The third-order valence-corrected chi connectivity index (χ3v) is 2.98. The highest BCUT2D eigenvalue weighted by atomic mass is 16.6. The van der Waals surface area contributed by atoms with Crippen molar-refractivity contribution in [2.75, 3.05) is 13.7 Å². The van der Waals surface area contributed by atoms with Crippen LogP contribution in [0.4, 0.5) is 4.79 Å². The fraction of sp³-hybridized carbons (Fsp3) is 0.467. The number of esters is 1. The van der Waals surface area contributed by atoms with Crippen molar-refractivity contribution >= 4 is 12.1 Å². The van der Waals surface area contributed by atoms with Crippen molar-refractivity contribution < 1.29 is 29.3 Å². The van der Waals surface area contributed by atoms with Crippen molar-refractivity contribution in [2.45, 2.75) is 31.6 Å². The Morgan fingerprint density at radius 1 is 1.27 bits per heavy atom. The number of carbonyl (C=O) groups is 2. The van der Waals surface area contributed by atoms with Crippen LogP contribution in [0.3, 0.4) is 0 Å². The number of benzene rings is 1. The van der Waals surface area contributed by atoms with Crippen LogP contribution >= 0.6 is 0 Å². The smallest absolute Gasteiger partial charge is 0.408 e. The molecule has 0 fully saturated rings. The summed E-state index contributed by atoms with van der Waals surface area (Å²) in [4.78, 5) is 23.3. The molecule has 0 aromatic heterocycles. The van der Waals surface area contributed by atoms with Crippen molar-refractivity contribution in [2.24, 2.45) is 0 Å². The third-order valence-electron chi connectivity index (χ3n) is 2.98. The molecule has 1 amide bonds. The maximum atomic E-state index is 11.7. The molecule has 2 atom stereocenters. The zero-order chi connectivity index (χ0) is 16.4. The quantitative estimate of drug-likeness (QED) is 0.607. The monoisotopic (exact) mass is 311 g/mol. The van der Waals surface area contributed by atoms with Gasteiger partial charge in [-0.3, -0.25) is 0 Å². The van der Waals surface area contributed by atoms with Crippen LogP contribution in [0.1, 0.15) is 18.4 Å². The van der Waals surface area contributed by atoms with Gasteiger partial charge >= 0.3 is 12.1 Å². The molecule has 0 saturated carbocycles. The molecule has 0 aliphatic carbocycles. The van der Waals surface area contributed by atoms with E-state index in [0.717, 1.165) is 12.7 Å². The number of rotatable bonds is 8. The van der Waals surface area contributed by atoms with E-state index in [9.17, 15) is 14.7 Å². The molecule has 0 radical (unpaired) electrons. The number of carbonyl (C=O) groups excluding carboxylic acids is 2. The summed E-state index contributed by atoms with van der Waals surface area (Å²) in [6.45, 7) is -0.0727. The van der Waals surface area contributed by atoms with Crippen LogP contribution in [0.5, 0.6) is 0 Å². The van der Waals surface area contributed by atoms with E-state index < -0.39 is 24.2 Å². The van der Waals surface area contributed by atoms with Crippen molar-refractivity contribution in [1.29, 1.82) is 0 Å². The molecule has 122 valence electrons. The van der Waals surface area contributed by atoms with E-state index in [1.165, 1.54) is 0 Å². The number of aliphatic hydroxyl groups excluding tert-OH is 2. The lowest BCUT2D eigenvalue weighted by atomic mass is 10.1. The van der Waals surface area contributed by atoms with Crippen LogP contribution in [-0.2, 0) is 20.9 Å². The van der Waals surface area contributed by atoms with Crippen LogP contribution in [-0.4, -0.2) is 48.1 Å². The summed E-state index contributed by atoms with van der Waals surface area (Å²) >= 11 is 0. The van der Waals surface area contributed by atoms with E-state index in [1.807, 2.05) is 18.2 Å². The summed E-state index contributed by atoms with van der Waals surface area (Å²) < 4.78 is 9.53. The molecule has 0 heterocycles. The molecule has 1 aromatic rings. The fourth-order valence-electron chi connectivity index (χ4n) is 1.80. The lowest BCUT2D eigenvalue weighted by molar-refractivity contribution is -0.146. The first kappa shape index (κ1) is 17.9. The number of aliphatic hydroxyl groups is 2. The van der Waals surface area contributed by atoms with Gasteiger partial charge in [0.1, 0.15) is 6.61 Å². The molecule has 0 unspecified atom stereocenters. The maximum absolute atomic E-state index is 11.7. The summed E-state index contributed by atoms with van der Waals surface area (Å²) in [6.07, 6.45) is -1.55. The molecule has 1 aromatic carbocycles. The van der Waals surface area contributed by atoms with Gasteiger partial charge in [-0.2, -0.15) is 0 Å². The summed E-state index contributed by atoms with van der Waals surface area (Å²) in [7, 11) is 1.16. The van der Waals surface area contributed by atoms with E-state index in [-0.39, 0.29) is 19.6 Å². The van der Waals surface area contributed by atoms with Crippen LogP contribution in [0.2, 0.25) is 0 Å². The van der Waals surface area contributed by atoms with Gasteiger partial charge in [-0.25, -0.2) is 9.59 Å². The summed E-state index contributed by atoms with van der Waals surface area (Å²) in [6, 6.07) is 7.82. The minimum atomic E-state index is -1.24. The number of ether oxygens (including phenoxy) is 2. The predicted molar refractivity (Wildman–Crippen MR) is 77.9 cm³/mol. The van der Waals surface area contributed by atoms with Gasteiger partial charge in [0.2, 0.25) is 0 Å². The molecule has 7 nitrogen and oxygen atoms in total. The molecule has 0 bridgehead atoms. The first-order chi connectivity index (χ1) is 10.6. The molecule has 0 saturated heterocycles. The minimum absolute atomic E-state index is 0.0489. The van der Waals surface area contributed by atoms with Gasteiger partial charge in [-0.15, -0.1) is 0 Å². The van der Waals surface area contributed by atoms with Crippen molar-refractivity contribution in [3.63, 3.8) is 0 Å². The number of methoxy groups -OCH3 is 1. The Balaban J connectivity index is 2.53. The Hall–Kier alpha value is -2.12. The Labute approximate surface area is 128 Å². The second kappa shape index (κ2) is 9.75. The largest absolute Gasteiger partial charge is 0.467 e. The summed E-state index contributed by atoms with van der Waals surface area (Å²) in [5, 5.41) is 20.9. The highest BCUT2D eigenvalue weighted by Crippen LogP contribution is 2.06. The first-order valence-corrected chi connectivity index (χ1v) is 6.92. The fourth-order valence-corrected chi connectivity index (χ4v) is 1.80. The number of hydrogen-bond donors (Lipinski definition) is 3. The van der Waals surface area contributed by atoms with Gasteiger partial charge in [0.25, 0.3) is 0 Å². The van der Waals surface area contributed by atoms with E-state index in [4.69, 9.17) is 9.84 Å². The van der Waals surface area contributed by atoms with E-state index in [1.54, 1.807) is 12.1 Å². The van der Waals surface area contributed by atoms with Gasteiger partial charge in [-0.1, -0.05) is 30.3 Å². The number of amides is 1. The highest BCUT2D eigenvalue weighted by Gasteiger charge is 2.29. The zero-order valence-electron chi connectivity index (χ0n) is 12.4. The molecule has 22 heavy (non-hydrogen) atoms. The lowest BCUT2D eigenvalue weighted by Gasteiger charge is -2.21. The standard InChI is InChI=1S/C15H21NO6/c1-21-14(19)13(12(18)8-5-9-17)16-15(20)22-10-11-6-3-2-4-7-11/h2-4,6-7,12-13,17-18H,5,8-10H2,1H3,(H,16,20)/t12-,13+/m0/s1. The minimum Gasteiger partial charge on any atom is -0.467 e. The van der Waals surface area contributed by atoms with E-state index in [2.05, 4.69) is 10.1 Å². The first-order valence-electron chi connectivity index (χ1n) is 6.92. The summed E-state index contributed by atoms with van der Waals surface area (Å²) in [5.74, 6) is -0.776. The zero-order valence-corrected chi connectivity index (χ0v) is 12.4. The summed E-state index contributed by atoms with van der Waals surface area (Å²) in [5.41, 5.74) is 0.799. The number of alkyl carbamates (subject to hydrolysis) is 1. The van der Waals surface area contributed by atoms with E-state index >= 15 is 0 Å². The van der Waals surface area contributed by atoms with Crippen LogP contribution in [0.25, 0.3) is 0 Å². The molecule has 0 aliphatic heterocycles. The average molecular weight is 311 g/mol. The van der Waals surface area contributed by atoms with Crippen LogP contribution in [0, 0.1) is 0 Å².